The normalized spacial score (nSPS) is 10.7. The molecular formula is C20H22N2O4. The van der Waals surface area contributed by atoms with E-state index in [-0.39, 0.29) is 6.61 Å². The summed E-state index contributed by atoms with van der Waals surface area (Å²) in [7, 11) is 3.22. The largest absolute Gasteiger partial charge is 0.497 e. The molecule has 2 aromatic carbocycles. The van der Waals surface area contributed by atoms with Crippen LogP contribution in [-0.4, -0.2) is 31.4 Å². The molecule has 6 heteroatoms. The molecule has 0 aliphatic carbocycles. The third-order valence-electron chi connectivity index (χ3n) is 4.28. The molecule has 2 N–H and O–H groups in total. The molecule has 0 saturated carbocycles. The van der Waals surface area contributed by atoms with E-state index in [0.717, 1.165) is 22.2 Å². The first-order valence-electron chi connectivity index (χ1n) is 8.34. The number of carbonyl (C=O) groups is 1. The number of hydrogen-bond donors (Lipinski definition) is 1. The molecule has 0 bridgehead atoms. The van der Waals surface area contributed by atoms with Gasteiger partial charge < -0.3 is 24.5 Å². The van der Waals surface area contributed by atoms with Crippen molar-refractivity contribution in [1.82, 2.24) is 4.57 Å². The lowest BCUT2D eigenvalue weighted by molar-refractivity contribution is 0.0516. The summed E-state index contributed by atoms with van der Waals surface area (Å²) in [5.41, 5.74) is 8.91. The number of rotatable bonds is 6. The molecular weight excluding hydrogens is 332 g/mol. The predicted octanol–water partition coefficient (Wildman–Crippen LogP) is 3.47. The number of nitrogen functional groups attached to an aromatic ring is 1. The Balaban J connectivity index is 2.13. The van der Waals surface area contributed by atoms with Crippen LogP contribution in [0.5, 0.6) is 11.5 Å². The number of esters is 1. The molecule has 0 aliphatic heterocycles. The van der Waals surface area contributed by atoms with Gasteiger partial charge in [-0.2, -0.15) is 0 Å². The molecule has 0 aliphatic rings. The van der Waals surface area contributed by atoms with E-state index in [9.17, 15) is 4.79 Å². The van der Waals surface area contributed by atoms with Gasteiger partial charge in [-0.3, -0.25) is 0 Å². The Morgan fingerprint density at radius 1 is 1.04 bits per heavy atom. The fourth-order valence-electron chi connectivity index (χ4n) is 2.98. The fraction of sp³-hybridized carbons (Fsp3) is 0.250. The number of ether oxygens (including phenoxy) is 3. The fourth-order valence-corrected chi connectivity index (χ4v) is 2.98. The number of nitrogens with zero attached hydrogens (tertiary/aromatic N) is 1. The van der Waals surface area contributed by atoms with Crippen LogP contribution in [0.25, 0.3) is 10.9 Å². The summed E-state index contributed by atoms with van der Waals surface area (Å²) in [6, 6.07) is 13.3. The quantitative estimate of drug-likeness (QED) is 0.686. The smallest absolute Gasteiger partial charge is 0.357 e. The number of hydrogen-bond acceptors (Lipinski definition) is 5. The molecule has 0 atom stereocenters. The predicted molar refractivity (Wildman–Crippen MR) is 101 cm³/mol. The molecule has 3 rings (SSSR count). The third-order valence-corrected chi connectivity index (χ3v) is 4.28. The van der Waals surface area contributed by atoms with Crippen LogP contribution in [0.15, 0.2) is 42.5 Å². The summed E-state index contributed by atoms with van der Waals surface area (Å²) in [5.74, 6) is 1.02. The topological polar surface area (TPSA) is 75.7 Å². The molecule has 3 aromatic rings. The Morgan fingerprint density at radius 3 is 2.31 bits per heavy atom. The molecule has 0 saturated heterocycles. The zero-order chi connectivity index (χ0) is 18.7. The van der Waals surface area contributed by atoms with Crippen LogP contribution >= 0.6 is 0 Å². The Bertz CT molecular complexity index is 929. The average molecular weight is 354 g/mol. The van der Waals surface area contributed by atoms with Gasteiger partial charge >= 0.3 is 5.97 Å². The first kappa shape index (κ1) is 17.7. The molecule has 0 unspecified atom stereocenters. The number of nitrogens with two attached hydrogens (primary N) is 1. The minimum Gasteiger partial charge on any atom is -0.497 e. The first-order chi connectivity index (χ1) is 12.6. The van der Waals surface area contributed by atoms with Crippen molar-refractivity contribution < 1.29 is 19.0 Å². The second-order valence-electron chi connectivity index (χ2n) is 5.80. The van der Waals surface area contributed by atoms with E-state index in [0.29, 0.717) is 23.7 Å². The van der Waals surface area contributed by atoms with Crippen LogP contribution in [0.1, 0.15) is 23.0 Å². The summed E-state index contributed by atoms with van der Waals surface area (Å²) in [4.78, 5) is 12.5. The molecule has 1 heterocycles. The molecule has 136 valence electrons. The average Bonchev–Trinajstić information content (AvgIpc) is 2.94. The second kappa shape index (κ2) is 7.39. The van der Waals surface area contributed by atoms with Crippen LogP contribution in [0, 0.1) is 0 Å². The van der Waals surface area contributed by atoms with Gasteiger partial charge in [-0.1, -0.05) is 12.1 Å². The van der Waals surface area contributed by atoms with Crippen LogP contribution in [0.4, 0.5) is 5.69 Å². The highest BCUT2D eigenvalue weighted by molar-refractivity contribution is 6.06. The van der Waals surface area contributed by atoms with Crippen molar-refractivity contribution in [3.63, 3.8) is 0 Å². The number of methoxy groups -OCH3 is 2. The standard InChI is InChI=1S/C20H22N2O4/c1-4-26-20(23)19-18(21)16-11-15(25-3)9-10-17(16)22(19)12-13-5-7-14(24-2)8-6-13/h5-11H,4,12,21H2,1-3H3. The maximum atomic E-state index is 12.5. The van der Waals surface area contributed by atoms with Gasteiger partial charge in [0, 0.05) is 11.9 Å². The Kier molecular flexibility index (Phi) is 5.02. The van der Waals surface area contributed by atoms with Gasteiger partial charge in [0.25, 0.3) is 0 Å². The van der Waals surface area contributed by atoms with Crippen molar-refractivity contribution in [2.24, 2.45) is 0 Å². The van der Waals surface area contributed by atoms with E-state index in [2.05, 4.69) is 0 Å². The van der Waals surface area contributed by atoms with Gasteiger partial charge in [0.1, 0.15) is 11.5 Å². The van der Waals surface area contributed by atoms with Crippen molar-refractivity contribution in [3.8, 4) is 11.5 Å². The highest BCUT2D eigenvalue weighted by Gasteiger charge is 2.22. The maximum absolute atomic E-state index is 12.5. The Morgan fingerprint density at radius 2 is 1.69 bits per heavy atom. The van der Waals surface area contributed by atoms with E-state index in [1.807, 2.05) is 47.0 Å². The molecule has 0 amide bonds. The van der Waals surface area contributed by atoms with Crippen LogP contribution in [0.2, 0.25) is 0 Å². The van der Waals surface area contributed by atoms with E-state index in [1.54, 1.807) is 21.1 Å². The highest BCUT2D eigenvalue weighted by Crippen LogP contribution is 2.33. The summed E-state index contributed by atoms with van der Waals surface area (Å²) in [5, 5.41) is 0.765. The lowest BCUT2D eigenvalue weighted by Gasteiger charge is -2.11. The van der Waals surface area contributed by atoms with Crippen LogP contribution in [0.3, 0.4) is 0 Å². The van der Waals surface area contributed by atoms with Crippen molar-refractivity contribution in [2.45, 2.75) is 13.5 Å². The monoisotopic (exact) mass is 354 g/mol. The summed E-state index contributed by atoms with van der Waals surface area (Å²) in [6.07, 6.45) is 0. The van der Waals surface area contributed by atoms with Gasteiger partial charge in [0.05, 0.1) is 32.0 Å². The molecule has 1 aromatic heterocycles. The van der Waals surface area contributed by atoms with Crippen molar-refractivity contribution in [3.05, 3.63) is 53.7 Å². The van der Waals surface area contributed by atoms with E-state index in [1.165, 1.54) is 0 Å². The van der Waals surface area contributed by atoms with Gasteiger partial charge in [0.15, 0.2) is 5.69 Å². The summed E-state index contributed by atoms with van der Waals surface area (Å²) in [6.45, 7) is 2.54. The first-order valence-corrected chi connectivity index (χ1v) is 8.34. The van der Waals surface area contributed by atoms with Crippen molar-refractivity contribution in [1.29, 1.82) is 0 Å². The van der Waals surface area contributed by atoms with Gasteiger partial charge in [-0.25, -0.2) is 4.79 Å². The minimum absolute atomic E-state index is 0.283. The van der Waals surface area contributed by atoms with Crippen LogP contribution < -0.4 is 15.2 Å². The molecule has 0 fully saturated rings. The van der Waals surface area contributed by atoms with Crippen LogP contribution in [-0.2, 0) is 11.3 Å². The molecule has 26 heavy (non-hydrogen) atoms. The highest BCUT2D eigenvalue weighted by atomic mass is 16.5. The molecule has 0 radical (unpaired) electrons. The van der Waals surface area contributed by atoms with Crippen molar-refractivity contribution in [2.75, 3.05) is 26.6 Å². The van der Waals surface area contributed by atoms with Gasteiger partial charge in [-0.15, -0.1) is 0 Å². The second-order valence-corrected chi connectivity index (χ2v) is 5.80. The Hall–Kier alpha value is -3.15. The summed E-state index contributed by atoms with van der Waals surface area (Å²) >= 11 is 0. The third kappa shape index (κ3) is 3.18. The number of benzene rings is 2. The Labute approximate surface area is 152 Å². The number of anilines is 1. The SMILES string of the molecule is CCOC(=O)c1c(N)c2cc(OC)ccc2n1Cc1ccc(OC)cc1. The van der Waals surface area contributed by atoms with E-state index in [4.69, 9.17) is 19.9 Å². The van der Waals surface area contributed by atoms with E-state index < -0.39 is 5.97 Å². The number of fused-ring (bicyclic) bond motifs is 1. The molecule has 6 nitrogen and oxygen atoms in total. The van der Waals surface area contributed by atoms with Gasteiger partial charge in [0.2, 0.25) is 0 Å². The lowest BCUT2D eigenvalue weighted by Crippen LogP contribution is -2.14. The number of aromatic nitrogens is 1. The molecule has 0 spiro atoms. The summed E-state index contributed by atoms with van der Waals surface area (Å²) < 4.78 is 17.6. The zero-order valence-electron chi connectivity index (χ0n) is 15.1. The zero-order valence-corrected chi connectivity index (χ0v) is 15.1. The number of carbonyl (C=O) groups excluding carboxylic acids is 1. The van der Waals surface area contributed by atoms with Crippen molar-refractivity contribution >= 4 is 22.6 Å². The minimum atomic E-state index is -0.436. The lowest BCUT2D eigenvalue weighted by atomic mass is 10.2. The van der Waals surface area contributed by atoms with Gasteiger partial charge in [-0.05, 0) is 42.8 Å². The maximum Gasteiger partial charge on any atom is 0.357 e. The van der Waals surface area contributed by atoms with E-state index >= 15 is 0 Å².